The molecule has 0 atom stereocenters. The minimum absolute atomic E-state index is 0.198. The molecule has 0 aliphatic carbocycles. The van der Waals surface area contributed by atoms with Gasteiger partial charge in [-0.2, -0.15) is 0 Å². The first kappa shape index (κ1) is 19.6. The first-order valence-electron chi connectivity index (χ1n) is 8.85. The number of halogens is 1. The van der Waals surface area contributed by atoms with E-state index >= 15 is 0 Å². The van der Waals surface area contributed by atoms with Crippen LogP contribution in [0.15, 0.2) is 60.9 Å². The lowest BCUT2D eigenvalue weighted by atomic mass is 10.1. The molecule has 3 aromatic rings. The average Bonchev–Trinajstić information content (AvgIpc) is 2.74. The van der Waals surface area contributed by atoms with Gasteiger partial charge in [0.05, 0.1) is 12.7 Å². The molecule has 7 heteroatoms. The first-order chi connectivity index (χ1) is 13.6. The third-order valence-electron chi connectivity index (χ3n) is 4.14. The minimum atomic E-state index is -0.198. The van der Waals surface area contributed by atoms with Crippen LogP contribution in [0.4, 0.5) is 5.95 Å². The summed E-state index contributed by atoms with van der Waals surface area (Å²) in [6.45, 7) is 1.11. The van der Waals surface area contributed by atoms with Gasteiger partial charge in [-0.25, -0.2) is 9.97 Å². The van der Waals surface area contributed by atoms with E-state index in [2.05, 4.69) is 20.6 Å². The normalized spacial score (nSPS) is 10.4. The number of hydrogen-bond acceptors (Lipinski definition) is 5. The maximum atomic E-state index is 12.2. The Morgan fingerprint density at radius 1 is 1.00 bits per heavy atom. The van der Waals surface area contributed by atoms with Gasteiger partial charge in [0.2, 0.25) is 5.95 Å². The average molecular weight is 397 g/mol. The van der Waals surface area contributed by atoms with Crippen molar-refractivity contribution in [3.05, 3.63) is 82.6 Å². The Morgan fingerprint density at radius 3 is 2.29 bits per heavy atom. The van der Waals surface area contributed by atoms with Crippen LogP contribution < -0.4 is 15.4 Å². The minimum Gasteiger partial charge on any atom is -0.497 e. The highest BCUT2D eigenvalue weighted by molar-refractivity contribution is 6.30. The van der Waals surface area contributed by atoms with Crippen molar-refractivity contribution in [2.45, 2.75) is 13.0 Å². The third kappa shape index (κ3) is 5.69. The number of carbonyl (C=O) groups excluding carboxylic acids is 1. The number of methoxy groups -OCH3 is 1. The Hall–Kier alpha value is -3.12. The first-order valence-corrected chi connectivity index (χ1v) is 9.23. The predicted octanol–water partition coefficient (Wildman–Crippen LogP) is 3.72. The highest BCUT2D eigenvalue weighted by Gasteiger charge is 2.07. The van der Waals surface area contributed by atoms with Crippen LogP contribution in [0.1, 0.15) is 21.5 Å². The zero-order valence-electron chi connectivity index (χ0n) is 15.5. The van der Waals surface area contributed by atoms with Crippen LogP contribution in [0.25, 0.3) is 0 Å². The second-order valence-electron chi connectivity index (χ2n) is 6.13. The van der Waals surface area contributed by atoms with Crippen molar-refractivity contribution in [2.24, 2.45) is 0 Å². The van der Waals surface area contributed by atoms with E-state index in [4.69, 9.17) is 16.3 Å². The summed E-state index contributed by atoms with van der Waals surface area (Å²) in [5.41, 5.74) is 2.61. The molecule has 0 saturated carbocycles. The molecule has 3 rings (SSSR count). The van der Waals surface area contributed by atoms with Crippen LogP contribution in [0.3, 0.4) is 0 Å². The van der Waals surface area contributed by atoms with E-state index < -0.39 is 0 Å². The van der Waals surface area contributed by atoms with Gasteiger partial charge in [0, 0.05) is 30.5 Å². The molecule has 2 N–H and O–H groups in total. The van der Waals surface area contributed by atoms with Crippen molar-refractivity contribution in [3.63, 3.8) is 0 Å². The summed E-state index contributed by atoms with van der Waals surface area (Å²) in [5, 5.41) is 6.69. The molecule has 1 heterocycles. The largest absolute Gasteiger partial charge is 0.497 e. The van der Waals surface area contributed by atoms with Crippen LogP contribution in [-0.4, -0.2) is 29.5 Å². The molecule has 6 nitrogen and oxygen atoms in total. The molecule has 1 amide bonds. The maximum absolute atomic E-state index is 12.2. The molecule has 28 heavy (non-hydrogen) atoms. The molecular weight excluding hydrogens is 376 g/mol. The number of amides is 1. The Balaban J connectivity index is 1.46. The predicted molar refractivity (Wildman–Crippen MR) is 110 cm³/mol. The van der Waals surface area contributed by atoms with Crippen LogP contribution in [-0.2, 0) is 13.0 Å². The van der Waals surface area contributed by atoms with Gasteiger partial charge in [-0.3, -0.25) is 4.79 Å². The smallest absolute Gasteiger partial charge is 0.254 e. The summed E-state index contributed by atoms with van der Waals surface area (Å²) in [6.07, 6.45) is 3.76. The van der Waals surface area contributed by atoms with Crippen LogP contribution in [0, 0.1) is 0 Å². The summed E-state index contributed by atoms with van der Waals surface area (Å²) in [4.78, 5) is 20.6. The van der Waals surface area contributed by atoms with Crippen LogP contribution in [0.2, 0.25) is 5.02 Å². The van der Waals surface area contributed by atoms with E-state index in [0.29, 0.717) is 29.6 Å². The van der Waals surface area contributed by atoms with Gasteiger partial charge in [-0.05, 0) is 41.8 Å². The summed E-state index contributed by atoms with van der Waals surface area (Å²) >= 11 is 5.86. The van der Waals surface area contributed by atoms with Gasteiger partial charge in [0.15, 0.2) is 0 Å². The molecule has 0 unspecified atom stereocenters. The van der Waals surface area contributed by atoms with Gasteiger partial charge in [0.25, 0.3) is 5.91 Å². The van der Waals surface area contributed by atoms with E-state index in [1.54, 1.807) is 7.11 Å². The van der Waals surface area contributed by atoms with Crippen molar-refractivity contribution >= 4 is 23.5 Å². The second-order valence-corrected chi connectivity index (χ2v) is 6.57. The summed E-state index contributed by atoms with van der Waals surface area (Å²) < 4.78 is 5.14. The number of benzene rings is 2. The molecule has 1 aromatic heterocycles. The zero-order chi connectivity index (χ0) is 19.8. The second kappa shape index (κ2) is 9.71. The van der Waals surface area contributed by atoms with Gasteiger partial charge < -0.3 is 15.4 Å². The molecule has 0 aliphatic rings. The Labute approximate surface area is 168 Å². The molecule has 0 bridgehead atoms. The number of hydrogen-bond donors (Lipinski definition) is 2. The number of rotatable bonds is 8. The molecule has 144 valence electrons. The van der Waals surface area contributed by atoms with Crippen LogP contribution >= 0.6 is 11.6 Å². The molecule has 0 fully saturated rings. The van der Waals surface area contributed by atoms with Crippen molar-refractivity contribution in [2.75, 3.05) is 19.0 Å². The Morgan fingerprint density at radius 2 is 1.64 bits per heavy atom. The summed E-state index contributed by atoms with van der Waals surface area (Å²) in [6, 6.07) is 15.3. The topological polar surface area (TPSA) is 76.1 Å². The Kier molecular flexibility index (Phi) is 6.81. The van der Waals surface area contributed by atoms with E-state index in [1.165, 1.54) is 12.4 Å². The maximum Gasteiger partial charge on any atom is 0.254 e. The monoisotopic (exact) mass is 396 g/mol. The lowest BCUT2D eigenvalue weighted by molar-refractivity contribution is 0.0953. The summed E-state index contributed by atoms with van der Waals surface area (Å²) in [5.74, 6) is 1.08. The van der Waals surface area contributed by atoms with Crippen LogP contribution in [0.5, 0.6) is 5.75 Å². The fraction of sp³-hybridized carbons (Fsp3) is 0.190. The molecular formula is C21H21ClN4O2. The number of anilines is 1. The molecule has 2 aromatic carbocycles. The van der Waals surface area contributed by atoms with Gasteiger partial charge in [-0.15, -0.1) is 0 Å². The van der Waals surface area contributed by atoms with E-state index in [9.17, 15) is 4.79 Å². The van der Waals surface area contributed by atoms with Crippen molar-refractivity contribution in [1.82, 2.24) is 15.3 Å². The van der Waals surface area contributed by atoms with E-state index in [0.717, 1.165) is 23.3 Å². The SMILES string of the molecule is COc1ccc(CNc2ncc(C(=O)NCCc3ccc(Cl)cc3)cn2)cc1. The van der Waals surface area contributed by atoms with E-state index in [1.807, 2.05) is 48.5 Å². The van der Waals surface area contributed by atoms with Crippen molar-refractivity contribution in [3.8, 4) is 5.75 Å². The fourth-order valence-electron chi connectivity index (χ4n) is 2.53. The van der Waals surface area contributed by atoms with Gasteiger partial charge >= 0.3 is 0 Å². The highest BCUT2D eigenvalue weighted by Crippen LogP contribution is 2.12. The molecule has 0 aliphatic heterocycles. The van der Waals surface area contributed by atoms with Crippen molar-refractivity contribution < 1.29 is 9.53 Å². The van der Waals surface area contributed by atoms with Gasteiger partial charge in [-0.1, -0.05) is 35.9 Å². The number of nitrogens with zero attached hydrogens (tertiary/aromatic N) is 2. The Bertz CT molecular complexity index is 897. The molecule has 0 spiro atoms. The highest BCUT2D eigenvalue weighted by atomic mass is 35.5. The summed E-state index contributed by atoms with van der Waals surface area (Å²) in [7, 11) is 1.64. The van der Waals surface area contributed by atoms with Gasteiger partial charge in [0.1, 0.15) is 5.75 Å². The number of nitrogens with one attached hydrogen (secondary N) is 2. The fourth-order valence-corrected chi connectivity index (χ4v) is 2.66. The number of carbonyl (C=O) groups is 1. The standard InChI is InChI=1S/C21H21ClN4O2/c1-28-19-8-4-16(5-9-19)12-24-21-25-13-17(14-26-21)20(27)23-11-10-15-2-6-18(22)7-3-15/h2-9,13-14H,10-12H2,1H3,(H,23,27)(H,24,25,26). The van der Waals surface area contributed by atoms with E-state index in [-0.39, 0.29) is 5.91 Å². The lowest BCUT2D eigenvalue weighted by Gasteiger charge is -2.07. The third-order valence-corrected chi connectivity index (χ3v) is 4.39. The zero-order valence-corrected chi connectivity index (χ0v) is 16.2. The quantitative estimate of drug-likeness (QED) is 0.606. The molecule has 0 saturated heterocycles. The number of aromatic nitrogens is 2. The van der Waals surface area contributed by atoms with Crippen molar-refractivity contribution in [1.29, 1.82) is 0 Å². The lowest BCUT2D eigenvalue weighted by Crippen LogP contribution is -2.26. The number of ether oxygens (including phenoxy) is 1. The molecule has 0 radical (unpaired) electrons.